The molecule has 12 rings (SSSR count). The first kappa shape index (κ1) is 36.0. The van der Waals surface area contributed by atoms with E-state index >= 15 is 0 Å². The number of hydrogen-bond donors (Lipinski definition) is 0. The van der Waals surface area contributed by atoms with Gasteiger partial charge in [-0.05, 0) is 129 Å². The molecule has 2 heteroatoms. The number of rotatable bonds is 7. The molecule has 2 aromatic heterocycles. The van der Waals surface area contributed by atoms with E-state index in [4.69, 9.17) is 0 Å². The molecule has 9 aromatic carbocycles. The molecule has 0 amide bonds. The van der Waals surface area contributed by atoms with Crippen molar-refractivity contribution >= 4 is 54.8 Å². The fourth-order valence-electron chi connectivity index (χ4n) is 9.77. The topological polar surface area (TPSA) is 9.86 Å². The van der Waals surface area contributed by atoms with Gasteiger partial charge in [0.25, 0.3) is 0 Å². The van der Waals surface area contributed by atoms with Crippen molar-refractivity contribution in [1.29, 1.82) is 0 Å². The fraction of sp³-hybridized carbons (Fsp3) is 0.0333. The molecule has 2 heterocycles. The highest BCUT2D eigenvalue weighted by Gasteiger charge is 2.17. The van der Waals surface area contributed by atoms with Crippen LogP contribution >= 0.6 is 0 Å². The van der Waals surface area contributed by atoms with E-state index in [2.05, 4.69) is 240 Å². The van der Waals surface area contributed by atoms with Crippen LogP contribution in [0.4, 0.5) is 0 Å². The number of hydrogen-bond acceptors (Lipinski definition) is 0. The molecular formula is C60H42N2. The minimum atomic E-state index is 1.04. The van der Waals surface area contributed by atoms with Crippen molar-refractivity contribution in [2.24, 2.45) is 0 Å². The van der Waals surface area contributed by atoms with Gasteiger partial charge in [0.2, 0.25) is 0 Å². The predicted molar refractivity (Wildman–Crippen MR) is 263 cm³/mol. The maximum Gasteiger partial charge on any atom is 0.0541 e. The van der Waals surface area contributed by atoms with Gasteiger partial charge in [0.05, 0.1) is 22.1 Å². The molecule has 62 heavy (non-hydrogen) atoms. The van der Waals surface area contributed by atoms with Crippen molar-refractivity contribution < 1.29 is 0 Å². The molecular weight excluding hydrogens is 749 g/mol. The smallest absolute Gasteiger partial charge is 0.0541 e. The molecule has 0 bridgehead atoms. The molecule has 0 saturated carbocycles. The lowest BCUT2D eigenvalue weighted by atomic mass is 9.90. The van der Waals surface area contributed by atoms with Gasteiger partial charge in [-0.1, -0.05) is 170 Å². The van der Waals surface area contributed by atoms with E-state index in [1.807, 2.05) is 0 Å². The lowest BCUT2D eigenvalue weighted by molar-refractivity contribution is 1.07. The molecule has 1 aliphatic carbocycles. The number of allylic oxidation sites excluding steroid dienone is 4. The highest BCUT2D eigenvalue weighted by atomic mass is 15.0. The van der Waals surface area contributed by atoms with Crippen molar-refractivity contribution in [2.75, 3.05) is 0 Å². The zero-order chi connectivity index (χ0) is 41.0. The van der Waals surface area contributed by atoms with Crippen LogP contribution in [-0.2, 0) is 0 Å². The van der Waals surface area contributed by atoms with Gasteiger partial charge in [-0.3, -0.25) is 0 Å². The van der Waals surface area contributed by atoms with Crippen LogP contribution in [0, 0.1) is 0 Å². The van der Waals surface area contributed by atoms with E-state index in [1.165, 1.54) is 105 Å². The summed E-state index contributed by atoms with van der Waals surface area (Å²) in [5.74, 6) is 0. The van der Waals surface area contributed by atoms with E-state index < -0.39 is 0 Å². The number of benzene rings is 9. The van der Waals surface area contributed by atoms with Gasteiger partial charge in [0.15, 0.2) is 0 Å². The van der Waals surface area contributed by atoms with E-state index in [0.29, 0.717) is 0 Å². The first-order chi connectivity index (χ1) is 30.7. The van der Waals surface area contributed by atoms with Crippen molar-refractivity contribution in [2.45, 2.75) is 12.8 Å². The highest BCUT2D eigenvalue weighted by Crippen LogP contribution is 2.40. The third kappa shape index (κ3) is 6.19. The Bertz CT molecular complexity index is 3530. The van der Waals surface area contributed by atoms with Crippen LogP contribution in [0.5, 0.6) is 0 Å². The Balaban J connectivity index is 0.894. The second-order valence-corrected chi connectivity index (χ2v) is 16.5. The summed E-state index contributed by atoms with van der Waals surface area (Å²) in [5, 5.41) is 5.01. The quantitative estimate of drug-likeness (QED) is 0.152. The molecule has 2 nitrogen and oxygen atoms in total. The van der Waals surface area contributed by atoms with Crippen molar-refractivity contribution in [3.63, 3.8) is 0 Å². The Morgan fingerprint density at radius 2 is 0.629 bits per heavy atom. The van der Waals surface area contributed by atoms with Gasteiger partial charge in [-0.15, -0.1) is 0 Å². The van der Waals surface area contributed by atoms with Crippen LogP contribution < -0.4 is 0 Å². The number of fused-ring (bicyclic) bond motifs is 6. The van der Waals surface area contributed by atoms with Crippen LogP contribution in [-0.4, -0.2) is 9.13 Å². The third-order valence-corrected chi connectivity index (χ3v) is 12.9. The average molecular weight is 791 g/mol. The number of aromatic nitrogens is 2. The Morgan fingerprint density at radius 1 is 0.242 bits per heavy atom. The van der Waals surface area contributed by atoms with Gasteiger partial charge in [-0.25, -0.2) is 0 Å². The molecule has 0 atom stereocenters. The molecule has 11 aromatic rings. The van der Waals surface area contributed by atoms with Crippen LogP contribution in [0.3, 0.4) is 0 Å². The molecule has 1 aliphatic rings. The average Bonchev–Trinajstić information content (AvgIpc) is 3.87. The van der Waals surface area contributed by atoms with E-state index in [-0.39, 0.29) is 0 Å². The van der Waals surface area contributed by atoms with Crippen LogP contribution in [0.25, 0.3) is 99.5 Å². The Labute approximate surface area is 361 Å². The van der Waals surface area contributed by atoms with Gasteiger partial charge >= 0.3 is 0 Å². The minimum absolute atomic E-state index is 1.04. The molecule has 0 N–H and O–H groups in total. The van der Waals surface area contributed by atoms with E-state index in [9.17, 15) is 0 Å². The molecule has 0 radical (unpaired) electrons. The summed E-state index contributed by atoms with van der Waals surface area (Å²) in [6.07, 6.45) is 6.71. The maximum absolute atomic E-state index is 2.42. The van der Waals surface area contributed by atoms with E-state index in [0.717, 1.165) is 18.5 Å². The molecule has 292 valence electrons. The maximum atomic E-state index is 2.42. The summed E-state index contributed by atoms with van der Waals surface area (Å²) in [6.45, 7) is 0. The standard InChI is InChI=1S/C60H42N2/c1-3-12-41(13-4-1)43-22-24-45(25-23-43)46-30-34-51(35-31-46)61-57-20-9-7-18-53(57)55-39-49(32-36-59(55)61)50-33-37-60-56(40-50)54-19-8-10-21-58(54)62(60)52-17-11-16-48(38-52)47-28-26-44(27-29-47)42-14-5-2-6-15-42/h1-22,24,26-40H,23,25H2. The summed E-state index contributed by atoms with van der Waals surface area (Å²) in [7, 11) is 0. The zero-order valence-electron chi connectivity index (χ0n) is 34.2. The summed E-state index contributed by atoms with van der Waals surface area (Å²) < 4.78 is 4.84. The summed E-state index contributed by atoms with van der Waals surface area (Å²) >= 11 is 0. The predicted octanol–water partition coefficient (Wildman–Crippen LogP) is 16.1. The first-order valence-corrected chi connectivity index (χ1v) is 21.6. The van der Waals surface area contributed by atoms with Crippen molar-refractivity contribution in [1.82, 2.24) is 9.13 Å². The van der Waals surface area contributed by atoms with Crippen LogP contribution in [0.2, 0.25) is 0 Å². The highest BCUT2D eigenvalue weighted by molar-refractivity contribution is 6.12. The third-order valence-electron chi connectivity index (χ3n) is 12.9. The van der Waals surface area contributed by atoms with Gasteiger partial charge in [0, 0.05) is 32.9 Å². The number of para-hydroxylation sites is 2. The SMILES string of the molecule is C1=C(c2ccccc2)CCC(c2ccc(-n3c4ccccc4c4cc(-c5ccc6c(c5)c5ccccc5n6-c5cccc(-c6ccc(-c7ccccc7)cc6)c5)ccc43)cc2)=C1. The summed E-state index contributed by atoms with van der Waals surface area (Å²) in [6, 6.07) is 79.9. The Hall–Kier alpha value is -7.94. The molecule has 0 fully saturated rings. The number of nitrogens with zero attached hydrogens (tertiary/aromatic N) is 2. The van der Waals surface area contributed by atoms with Crippen LogP contribution in [0.1, 0.15) is 24.0 Å². The fourth-order valence-corrected chi connectivity index (χ4v) is 9.77. The lowest BCUT2D eigenvalue weighted by Gasteiger charge is -2.16. The van der Waals surface area contributed by atoms with E-state index in [1.54, 1.807) is 0 Å². The molecule has 0 unspecified atom stereocenters. The molecule has 0 saturated heterocycles. The first-order valence-electron chi connectivity index (χ1n) is 21.6. The second kappa shape index (κ2) is 15.0. The largest absolute Gasteiger partial charge is 0.309 e. The van der Waals surface area contributed by atoms with Gasteiger partial charge in [-0.2, -0.15) is 0 Å². The van der Waals surface area contributed by atoms with Crippen molar-refractivity contribution in [3.05, 3.63) is 242 Å². The molecule has 0 aliphatic heterocycles. The monoisotopic (exact) mass is 790 g/mol. The Kier molecular flexibility index (Phi) is 8.67. The normalized spacial score (nSPS) is 12.9. The summed E-state index contributed by atoms with van der Waals surface area (Å²) in [5.41, 5.74) is 19.8. The van der Waals surface area contributed by atoms with Crippen LogP contribution in [0.15, 0.2) is 231 Å². The van der Waals surface area contributed by atoms with Gasteiger partial charge < -0.3 is 9.13 Å². The lowest BCUT2D eigenvalue weighted by Crippen LogP contribution is -1.96. The second-order valence-electron chi connectivity index (χ2n) is 16.5. The minimum Gasteiger partial charge on any atom is -0.309 e. The van der Waals surface area contributed by atoms with Crippen molar-refractivity contribution in [3.8, 4) is 44.8 Å². The Morgan fingerprint density at radius 3 is 1.19 bits per heavy atom. The summed E-state index contributed by atoms with van der Waals surface area (Å²) in [4.78, 5) is 0. The van der Waals surface area contributed by atoms with Gasteiger partial charge in [0.1, 0.15) is 0 Å². The zero-order valence-corrected chi connectivity index (χ0v) is 34.2. The molecule has 0 spiro atoms.